The number of piperazine rings is 1. The lowest BCUT2D eigenvalue weighted by Gasteiger charge is -2.35. The Morgan fingerprint density at radius 3 is 2.38 bits per heavy atom. The van der Waals surface area contributed by atoms with Crippen LogP contribution in [-0.2, 0) is 20.9 Å². The number of carboxylic acid groups (broad SMARTS) is 1. The number of ether oxygens (including phenoxy) is 1. The van der Waals surface area contributed by atoms with Gasteiger partial charge in [-0.05, 0) is 5.56 Å². The molecule has 2 amide bonds. The van der Waals surface area contributed by atoms with Crippen LogP contribution in [0.3, 0.4) is 0 Å². The van der Waals surface area contributed by atoms with E-state index in [-0.39, 0.29) is 12.6 Å². The van der Waals surface area contributed by atoms with Crippen LogP contribution in [0, 0.1) is 5.41 Å². The molecule has 26 heavy (non-hydrogen) atoms. The summed E-state index contributed by atoms with van der Waals surface area (Å²) in [4.78, 5) is 35.3. The number of carbonyl (C=O) groups excluding carboxylic acids is 2. The Balaban J connectivity index is 1.68. The second-order valence-electron chi connectivity index (χ2n) is 5.61. The standard InChI is InChI=1S/C16H21N5O5/c17-15(18-16(25)26-11-12-4-2-1-3-5-12)20-6-8-21(9-7-20)19-13(22)10-14(23)24/h1-5H,6-11H2,(H,19,22)(H,23,24)(H2,17,18,25). The molecule has 1 aliphatic rings. The van der Waals surface area contributed by atoms with Gasteiger partial charge in [-0.15, -0.1) is 0 Å². The largest absolute Gasteiger partial charge is 0.481 e. The van der Waals surface area contributed by atoms with Crippen LogP contribution in [0.25, 0.3) is 0 Å². The van der Waals surface area contributed by atoms with Gasteiger partial charge in [0, 0.05) is 26.2 Å². The van der Waals surface area contributed by atoms with Gasteiger partial charge in [0.1, 0.15) is 13.0 Å². The van der Waals surface area contributed by atoms with E-state index in [0.717, 1.165) is 5.56 Å². The van der Waals surface area contributed by atoms with Crippen molar-refractivity contribution in [2.24, 2.45) is 0 Å². The van der Waals surface area contributed by atoms with Crippen molar-refractivity contribution in [1.29, 1.82) is 5.41 Å². The molecule has 0 unspecified atom stereocenters. The summed E-state index contributed by atoms with van der Waals surface area (Å²) in [6, 6.07) is 9.21. The monoisotopic (exact) mass is 363 g/mol. The first-order valence-corrected chi connectivity index (χ1v) is 8.01. The first-order chi connectivity index (χ1) is 12.4. The highest BCUT2D eigenvalue weighted by Crippen LogP contribution is 2.02. The molecule has 1 aromatic rings. The van der Waals surface area contributed by atoms with Crippen LogP contribution in [0.1, 0.15) is 12.0 Å². The average molecular weight is 363 g/mol. The quantitative estimate of drug-likeness (QED) is 0.328. The molecule has 0 bridgehead atoms. The van der Waals surface area contributed by atoms with Gasteiger partial charge in [0.05, 0.1) is 0 Å². The molecule has 0 aromatic heterocycles. The third kappa shape index (κ3) is 6.40. The van der Waals surface area contributed by atoms with E-state index in [1.807, 2.05) is 30.3 Å². The number of hydrogen-bond acceptors (Lipinski definition) is 6. The zero-order chi connectivity index (χ0) is 18.9. The predicted molar refractivity (Wildman–Crippen MR) is 91.0 cm³/mol. The molecule has 2 rings (SSSR count). The van der Waals surface area contributed by atoms with Crippen LogP contribution in [0.2, 0.25) is 0 Å². The Morgan fingerprint density at radius 2 is 1.77 bits per heavy atom. The summed E-state index contributed by atoms with van der Waals surface area (Å²) in [5.41, 5.74) is 3.34. The number of nitrogens with zero attached hydrogens (tertiary/aromatic N) is 2. The lowest BCUT2D eigenvalue weighted by molar-refractivity contribution is -0.142. The Hall–Kier alpha value is -3.14. The fraction of sp³-hybridized carbons (Fsp3) is 0.375. The number of carbonyl (C=O) groups is 3. The van der Waals surface area contributed by atoms with E-state index >= 15 is 0 Å². The summed E-state index contributed by atoms with van der Waals surface area (Å²) in [5, 5.41) is 20.4. The fourth-order valence-electron chi connectivity index (χ4n) is 2.33. The number of hydrazine groups is 1. The van der Waals surface area contributed by atoms with E-state index in [1.54, 1.807) is 9.91 Å². The topological polar surface area (TPSA) is 135 Å². The molecular weight excluding hydrogens is 342 g/mol. The molecule has 0 saturated carbocycles. The van der Waals surface area contributed by atoms with Gasteiger partial charge in [-0.25, -0.2) is 9.80 Å². The van der Waals surface area contributed by atoms with E-state index in [2.05, 4.69) is 10.7 Å². The second kappa shape index (κ2) is 9.37. The van der Waals surface area contributed by atoms with Gasteiger partial charge in [0.25, 0.3) is 0 Å². The van der Waals surface area contributed by atoms with Gasteiger partial charge in [0.2, 0.25) is 11.9 Å². The van der Waals surface area contributed by atoms with Crippen LogP contribution >= 0.6 is 0 Å². The predicted octanol–water partition coefficient (Wildman–Crippen LogP) is -0.0289. The number of rotatable bonds is 5. The molecule has 1 aliphatic heterocycles. The van der Waals surface area contributed by atoms with Crippen molar-refractivity contribution in [2.75, 3.05) is 26.2 Å². The third-order valence-corrected chi connectivity index (χ3v) is 3.62. The van der Waals surface area contributed by atoms with Gasteiger partial charge in [-0.3, -0.25) is 25.7 Å². The minimum Gasteiger partial charge on any atom is -0.481 e. The highest BCUT2D eigenvalue weighted by Gasteiger charge is 2.22. The minimum atomic E-state index is -1.19. The fourth-order valence-corrected chi connectivity index (χ4v) is 2.33. The van der Waals surface area contributed by atoms with E-state index < -0.39 is 24.4 Å². The molecule has 10 nitrogen and oxygen atoms in total. The van der Waals surface area contributed by atoms with Crippen LogP contribution in [0.5, 0.6) is 0 Å². The van der Waals surface area contributed by atoms with Crippen LogP contribution in [-0.4, -0.2) is 65.1 Å². The van der Waals surface area contributed by atoms with Crippen LogP contribution in [0.15, 0.2) is 30.3 Å². The molecule has 0 radical (unpaired) electrons. The number of guanidine groups is 1. The van der Waals surface area contributed by atoms with Gasteiger partial charge in [0.15, 0.2) is 0 Å². The number of alkyl carbamates (subject to hydrolysis) is 1. The first-order valence-electron chi connectivity index (χ1n) is 8.01. The smallest absolute Gasteiger partial charge is 0.414 e. The lowest BCUT2D eigenvalue weighted by atomic mass is 10.2. The number of benzene rings is 1. The van der Waals surface area contributed by atoms with Crippen molar-refractivity contribution in [3.63, 3.8) is 0 Å². The van der Waals surface area contributed by atoms with Crippen molar-refractivity contribution in [1.82, 2.24) is 20.7 Å². The number of nitrogens with one attached hydrogen (secondary N) is 3. The van der Waals surface area contributed by atoms with E-state index in [4.69, 9.17) is 15.3 Å². The summed E-state index contributed by atoms with van der Waals surface area (Å²) in [7, 11) is 0. The molecule has 0 spiro atoms. The summed E-state index contributed by atoms with van der Waals surface area (Å²) in [6.07, 6.45) is -1.30. The molecule has 140 valence electrons. The molecule has 4 N–H and O–H groups in total. The summed E-state index contributed by atoms with van der Waals surface area (Å²) in [5.74, 6) is -1.87. The molecule has 1 fully saturated rings. The van der Waals surface area contributed by atoms with Crippen molar-refractivity contribution < 1.29 is 24.2 Å². The first kappa shape index (κ1) is 19.2. The van der Waals surface area contributed by atoms with Crippen molar-refractivity contribution in [2.45, 2.75) is 13.0 Å². The van der Waals surface area contributed by atoms with E-state index in [1.165, 1.54) is 0 Å². The van der Waals surface area contributed by atoms with Crippen molar-refractivity contribution >= 4 is 23.9 Å². The zero-order valence-corrected chi connectivity index (χ0v) is 14.1. The number of hydrogen-bond donors (Lipinski definition) is 4. The highest BCUT2D eigenvalue weighted by atomic mass is 16.5. The Bertz CT molecular complexity index is 658. The minimum absolute atomic E-state index is 0.0837. The van der Waals surface area contributed by atoms with Crippen LogP contribution in [0.4, 0.5) is 4.79 Å². The maximum Gasteiger partial charge on any atom is 0.414 e. The molecule has 1 heterocycles. The normalized spacial score (nSPS) is 14.4. The second-order valence-corrected chi connectivity index (χ2v) is 5.61. The molecular formula is C16H21N5O5. The number of aliphatic carboxylic acids is 1. The van der Waals surface area contributed by atoms with E-state index in [0.29, 0.717) is 26.2 Å². The average Bonchev–Trinajstić information content (AvgIpc) is 2.60. The molecule has 10 heteroatoms. The number of amides is 2. The van der Waals surface area contributed by atoms with Gasteiger partial charge >= 0.3 is 12.1 Å². The van der Waals surface area contributed by atoms with Crippen molar-refractivity contribution in [3.05, 3.63) is 35.9 Å². The highest BCUT2D eigenvalue weighted by molar-refractivity contribution is 5.93. The van der Waals surface area contributed by atoms with Gasteiger partial charge in [-0.1, -0.05) is 30.3 Å². The molecule has 0 atom stereocenters. The van der Waals surface area contributed by atoms with Crippen molar-refractivity contribution in [3.8, 4) is 0 Å². The number of carboxylic acids is 1. The summed E-state index contributed by atoms with van der Waals surface area (Å²) >= 11 is 0. The van der Waals surface area contributed by atoms with Crippen LogP contribution < -0.4 is 10.7 Å². The lowest BCUT2D eigenvalue weighted by Crippen LogP contribution is -2.57. The molecule has 1 saturated heterocycles. The molecule has 1 aromatic carbocycles. The summed E-state index contributed by atoms with van der Waals surface area (Å²) < 4.78 is 5.06. The van der Waals surface area contributed by atoms with Gasteiger partial charge in [-0.2, -0.15) is 0 Å². The van der Waals surface area contributed by atoms with E-state index in [9.17, 15) is 14.4 Å². The zero-order valence-electron chi connectivity index (χ0n) is 14.1. The Kier molecular flexibility index (Phi) is 6.92. The maximum atomic E-state index is 11.8. The summed E-state index contributed by atoms with van der Waals surface area (Å²) in [6.45, 7) is 1.70. The molecule has 0 aliphatic carbocycles. The Morgan fingerprint density at radius 1 is 1.12 bits per heavy atom. The third-order valence-electron chi connectivity index (χ3n) is 3.62. The SMILES string of the molecule is N=C(NC(=O)OCc1ccccc1)N1CCN(NC(=O)CC(=O)O)CC1. The van der Waals surface area contributed by atoms with Gasteiger partial charge < -0.3 is 14.7 Å². The maximum absolute atomic E-state index is 11.8. The Labute approximate surface area is 150 Å².